The van der Waals surface area contributed by atoms with Gasteiger partial charge in [0, 0.05) is 25.3 Å². The zero-order valence-corrected chi connectivity index (χ0v) is 13.4. The lowest BCUT2D eigenvalue weighted by molar-refractivity contribution is 0.0686. The van der Waals surface area contributed by atoms with Crippen molar-refractivity contribution in [2.45, 2.75) is 18.9 Å². The first-order valence-corrected chi connectivity index (χ1v) is 8.17. The van der Waals surface area contributed by atoms with Crippen LogP contribution < -0.4 is 11.2 Å². The van der Waals surface area contributed by atoms with Gasteiger partial charge in [0.2, 0.25) is 0 Å². The molecule has 4 rings (SSSR count). The number of nitrogens with zero attached hydrogens (tertiary/aromatic N) is 3. The maximum Gasteiger partial charge on any atom is 0.329 e. The van der Waals surface area contributed by atoms with Crippen molar-refractivity contribution in [2.75, 3.05) is 13.1 Å². The maximum absolute atomic E-state index is 12.7. The van der Waals surface area contributed by atoms with E-state index in [1.54, 1.807) is 35.2 Å². The molecule has 0 aliphatic carbocycles. The van der Waals surface area contributed by atoms with E-state index in [0.717, 1.165) is 0 Å². The lowest BCUT2D eigenvalue weighted by Gasteiger charge is -2.32. The Balaban J connectivity index is 1.59. The normalized spacial score (nSPS) is 15.6. The molecule has 3 aromatic rings. The van der Waals surface area contributed by atoms with Crippen molar-refractivity contribution in [3.63, 3.8) is 0 Å². The molecular formula is C17H17N5O3. The molecule has 0 spiro atoms. The summed E-state index contributed by atoms with van der Waals surface area (Å²) in [5.41, 5.74) is 0.305. The predicted molar refractivity (Wildman–Crippen MR) is 91.6 cm³/mol. The van der Waals surface area contributed by atoms with Gasteiger partial charge in [-0.2, -0.15) is 5.10 Å². The van der Waals surface area contributed by atoms with E-state index in [4.69, 9.17) is 0 Å². The fourth-order valence-corrected chi connectivity index (χ4v) is 3.38. The van der Waals surface area contributed by atoms with Crippen molar-refractivity contribution in [3.8, 4) is 0 Å². The van der Waals surface area contributed by atoms with E-state index in [1.165, 1.54) is 10.8 Å². The van der Waals surface area contributed by atoms with Gasteiger partial charge in [0.15, 0.2) is 0 Å². The number of aromatic nitrogens is 4. The van der Waals surface area contributed by atoms with Gasteiger partial charge in [-0.1, -0.05) is 12.1 Å². The minimum absolute atomic E-state index is 0.115. The number of benzene rings is 1. The molecule has 0 unspecified atom stereocenters. The van der Waals surface area contributed by atoms with Crippen molar-refractivity contribution in [1.29, 1.82) is 0 Å². The highest BCUT2D eigenvalue weighted by Crippen LogP contribution is 2.21. The fraction of sp³-hybridized carbons (Fsp3) is 0.294. The number of amides is 1. The number of fused-ring (bicyclic) bond motifs is 1. The smallest absolute Gasteiger partial charge is 0.329 e. The van der Waals surface area contributed by atoms with Crippen LogP contribution in [0.15, 0.2) is 46.1 Å². The summed E-state index contributed by atoms with van der Waals surface area (Å²) in [6.07, 6.45) is 2.65. The van der Waals surface area contributed by atoms with Gasteiger partial charge >= 0.3 is 5.69 Å². The van der Waals surface area contributed by atoms with Crippen molar-refractivity contribution < 1.29 is 4.79 Å². The standard InChI is InChI=1S/C17H17N5O3/c23-15-12-3-1-2-4-13(12)19-17(25)22(15)11-6-9-21(10-7-11)16(24)14-5-8-18-20-14/h1-5,8,11H,6-7,9-10H2,(H,18,20)(H,19,25). The number of H-pyrrole nitrogens is 2. The number of carbonyl (C=O) groups is 1. The maximum atomic E-state index is 12.7. The van der Waals surface area contributed by atoms with E-state index in [1.807, 2.05) is 0 Å². The minimum Gasteiger partial charge on any atom is -0.337 e. The average molecular weight is 339 g/mol. The SMILES string of the molecule is O=C(c1ccn[nH]1)N1CCC(n2c(=O)[nH]c3ccccc3c2=O)CC1. The Bertz CT molecular complexity index is 1030. The molecule has 1 saturated heterocycles. The highest BCUT2D eigenvalue weighted by atomic mass is 16.2. The largest absolute Gasteiger partial charge is 0.337 e. The van der Waals surface area contributed by atoms with Crippen LogP contribution in [0.25, 0.3) is 10.9 Å². The van der Waals surface area contributed by atoms with E-state index in [-0.39, 0.29) is 17.5 Å². The van der Waals surface area contributed by atoms with Crippen molar-refractivity contribution in [3.05, 3.63) is 63.1 Å². The van der Waals surface area contributed by atoms with Crippen molar-refractivity contribution in [1.82, 2.24) is 24.6 Å². The first-order valence-electron chi connectivity index (χ1n) is 8.17. The summed E-state index contributed by atoms with van der Waals surface area (Å²) in [5, 5.41) is 6.95. The quantitative estimate of drug-likeness (QED) is 0.723. The van der Waals surface area contributed by atoms with Crippen LogP contribution in [0.5, 0.6) is 0 Å². The summed E-state index contributed by atoms with van der Waals surface area (Å²) in [4.78, 5) is 41.9. The summed E-state index contributed by atoms with van der Waals surface area (Å²) < 4.78 is 1.29. The summed E-state index contributed by atoms with van der Waals surface area (Å²) in [6.45, 7) is 0.975. The van der Waals surface area contributed by atoms with Gasteiger partial charge in [-0.15, -0.1) is 0 Å². The van der Waals surface area contributed by atoms with Crippen LogP contribution in [0.4, 0.5) is 0 Å². The molecule has 0 bridgehead atoms. The fourth-order valence-electron chi connectivity index (χ4n) is 3.38. The molecule has 1 fully saturated rings. The highest BCUT2D eigenvalue weighted by Gasteiger charge is 2.27. The van der Waals surface area contributed by atoms with Gasteiger partial charge in [0.1, 0.15) is 5.69 Å². The minimum atomic E-state index is -0.401. The average Bonchev–Trinajstić information content (AvgIpc) is 3.16. The second kappa shape index (κ2) is 6.04. The number of para-hydroxylation sites is 1. The van der Waals surface area contributed by atoms with Gasteiger partial charge in [0.25, 0.3) is 11.5 Å². The molecular weight excluding hydrogens is 322 g/mol. The number of hydrogen-bond acceptors (Lipinski definition) is 4. The second-order valence-corrected chi connectivity index (χ2v) is 6.14. The van der Waals surface area contributed by atoms with Crippen LogP contribution in [0, 0.1) is 0 Å². The number of rotatable bonds is 2. The molecule has 0 atom stereocenters. The number of aromatic amines is 2. The lowest BCUT2D eigenvalue weighted by Crippen LogP contribution is -2.45. The van der Waals surface area contributed by atoms with E-state index in [0.29, 0.717) is 42.5 Å². The third-order valence-electron chi connectivity index (χ3n) is 4.68. The molecule has 128 valence electrons. The molecule has 2 N–H and O–H groups in total. The third-order valence-corrected chi connectivity index (χ3v) is 4.68. The molecule has 1 aliphatic rings. The molecule has 8 nitrogen and oxygen atoms in total. The number of likely N-dealkylation sites (tertiary alicyclic amines) is 1. The van der Waals surface area contributed by atoms with E-state index < -0.39 is 5.69 Å². The molecule has 25 heavy (non-hydrogen) atoms. The van der Waals surface area contributed by atoms with Gasteiger partial charge in [-0.25, -0.2) is 4.79 Å². The molecule has 8 heteroatoms. The Morgan fingerprint density at radius 1 is 1.12 bits per heavy atom. The first-order chi connectivity index (χ1) is 12.1. The van der Waals surface area contributed by atoms with Crippen molar-refractivity contribution in [2.24, 2.45) is 0 Å². The molecule has 1 aliphatic heterocycles. The Morgan fingerprint density at radius 3 is 2.60 bits per heavy atom. The summed E-state index contributed by atoms with van der Waals surface area (Å²) >= 11 is 0. The summed E-state index contributed by atoms with van der Waals surface area (Å²) in [5.74, 6) is -0.115. The topological polar surface area (TPSA) is 104 Å². The van der Waals surface area contributed by atoms with Crippen LogP contribution in [0.1, 0.15) is 29.4 Å². The lowest BCUT2D eigenvalue weighted by atomic mass is 10.0. The Labute approximate surface area is 142 Å². The van der Waals surface area contributed by atoms with Gasteiger partial charge < -0.3 is 9.88 Å². The molecule has 1 amide bonds. The zero-order valence-electron chi connectivity index (χ0n) is 13.4. The number of piperidine rings is 1. The summed E-state index contributed by atoms with van der Waals surface area (Å²) in [7, 11) is 0. The van der Waals surface area contributed by atoms with Crippen LogP contribution in [0.2, 0.25) is 0 Å². The monoisotopic (exact) mass is 339 g/mol. The number of carbonyl (C=O) groups excluding carboxylic acids is 1. The van der Waals surface area contributed by atoms with Gasteiger partial charge in [-0.3, -0.25) is 19.3 Å². The van der Waals surface area contributed by atoms with E-state index in [9.17, 15) is 14.4 Å². The predicted octanol–water partition coefficient (Wildman–Crippen LogP) is 0.890. The van der Waals surface area contributed by atoms with Crippen LogP contribution >= 0.6 is 0 Å². The Kier molecular flexibility index (Phi) is 3.72. The molecule has 3 heterocycles. The van der Waals surface area contributed by atoms with Crippen LogP contribution in [-0.4, -0.2) is 43.6 Å². The van der Waals surface area contributed by atoms with Crippen LogP contribution in [-0.2, 0) is 0 Å². The van der Waals surface area contributed by atoms with Crippen LogP contribution in [0.3, 0.4) is 0 Å². The Hall–Kier alpha value is -3.16. The van der Waals surface area contributed by atoms with Gasteiger partial charge in [0.05, 0.1) is 10.9 Å². The Morgan fingerprint density at radius 2 is 1.88 bits per heavy atom. The van der Waals surface area contributed by atoms with Crippen molar-refractivity contribution >= 4 is 16.8 Å². The zero-order chi connectivity index (χ0) is 17.4. The number of nitrogens with one attached hydrogen (secondary N) is 2. The third kappa shape index (κ3) is 2.65. The number of hydrogen-bond donors (Lipinski definition) is 2. The molecule has 0 radical (unpaired) electrons. The molecule has 1 aromatic carbocycles. The van der Waals surface area contributed by atoms with E-state index in [2.05, 4.69) is 15.2 Å². The van der Waals surface area contributed by atoms with E-state index >= 15 is 0 Å². The second-order valence-electron chi connectivity index (χ2n) is 6.14. The highest BCUT2D eigenvalue weighted by molar-refractivity contribution is 5.92. The van der Waals surface area contributed by atoms with Gasteiger partial charge in [-0.05, 0) is 31.0 Å². The summed E-state index contributed by atoms with van der Waals surface area (Å²) in [6, 6.07) is 8.40. The molecule has 0 saturated carbocycles. The first kappa shape index (κ1) is 15.4. The molecule has 2 aromatic heterocycles.